The van der Waals surface area contributed by atoms with Gasteiger partial charge in [-0.1, -0.05) is 37.3 Å². The summed E-state index contributed by atoms with van der Waals surface area (Å²) in [5, 5.41) is 0. The van der Waals surface area contributed by atoms with Gasteiger partial charge >= 0.3 is 0 Å². The molecular weight excluding hydrogens is 362 g/mol. The molecule has 0 aliphatic carbocycles. The van der Waals surface area contributed by atoms with E-state index >= 15 is 0 Å². The van der Waals surface area contributed by atoms with Crippen LogP contribution in [0.2, 0.25) is 0 Å². The molecule has 0 aliphatic rings. The molecule has 0 fully saturated rings. The van der Waals surface area contributed by atoms with Crippen LogP contribution < -0.4 is 4.74 Å². The Kier molecular flexibility index (Phi) is 6.32. The van der Waals surface area contributed by atoms with Crippen LogP contribution in [0.25, 0.3) is 0 Å². The molecule has 1 aromatic heterocycles. The van der Waals surface area contributed by atoms with E-state index < -0.39 is 10.0 Å². The average Bonchev–Trinajstić information content (AvgIpc) is 3.21. The van der Waals surface area contributed by atoms with Gasteiger partial charge in [-0.25, -0.2) is 8.42 Å². The monoisotopic (exact) mass is 385 g/mol. The maximum Gasteiger partial charge on any atom is 0.243 e. The van der Waals surface area contributed by atoms with Gasteiger partial charge < -0.3 is 9.15 Å². The molecule has 3 rings (SSSR count). The van der Waals surface area contributed by atoms with E-state index in [1.54, 1.807) is 48.7 Å². The van der Waals surface area contributed by atoms with E-state index in [9.17, 15) is 8.42 Å². The Balaban J connectivity index is 1.84. The third-order valence-corrected chi connectivity index (χ3v) is 5.85. The second kappa shape index (κ2) is 8.88. The maximum atomic E-state index is 13.1. The lowest BCUT2D eigenvalue weighted by atomic mass is 10.2. The van der Waals surface area contributed by atoms with Crippen molar-refractivity contribution in [3.63, 3.8) is 0 Å². The molecule has 2 aromatic carbocycles. The Morgan fingerprint density at radius 3 is 2.30 bits per heavy atom. The van der Waals surface area contributed by atoms with Gasteiger partial charge in [-0.15, -0.1) is 0 Å². The average molecular weight is 385 g/mol. The van der Waals surface area contributed by atoms with Crippen LogP contribution in [0.5, 0.6) is 5.75 Å². The lowest BCUT2D eigenvalue weighted by Gasteiger charge is -2.21. The molecule has 0 saturated heterocycles. The van der Waals surface area contributed by atoms with Crippen molar-refractivity contribution in [2.75, 3.05) is 6.61 Å². The van der Waals surface area contributed by atoms with Crippen molar-refractivity contribution in [1.29, 1.82) is 0 Å². The summed E-state index contributed by atoms with van der Waals surface area (Å²) < 4.78 is 38.6. The van der Waals surface area contributed by atoms with Gasteiger partial charge in [-0.3, -0.25) is 0 Å². The Hall–Kier alpha value is -2.57. The van der Waals surface area contributed by atoms with Crippen molar-refractivity contribution in [1.82, 2.24) is 4.31 Å². The van der Waals surface area contributed by atoms with E-state index in [1.807, 2.05) is 24.3 Å². The molecule has 0 unspecified atom stereocenters. The zero-order chi connectivity index (χ0) is 19.1. The molecule has 0 saturated carbocycles. The van der Waals surface area contributed by atoms with Crippen LogP contribution in [-0.4, -0.2) is 19.3 Å². The van der Waals surface area contributed by atoms with Crippen LogP contribution in [0.3, 0.4) is 0 Å². The molecule has 0 amide bonds. The van der Waals surface area contributed by atoms with Gasteiger partial charge in [0.2, 0.25) is 10.0 Å². The molecule has 3 aromatic rings. The van der Waals surface area contributed by atoms with Crippen LogP contribution >= 0.6 is 0 Å². The number of ether oxygens (including phenoxy) is 1. The van der Waals surface area contributed by atoms with E-state index in [2.05, 4.69) is 6.92 Å². The molecule has 0 atom stereocenters. The maximum absolute atomic E-state index is 13.1. The van der Waals surface area contributed by atoms with Crippen molar-refractivity contribution in [2.45, 2.75) is 31.3 Å². The summed E-state index contributed by atoms with van der Waals surface area (Å²) in [5.74, 6) is 1.38. The number of hydrogen-bond donors (Lipinski definition) is 0. The van der Waals surface area contributed by atoms with E-state index in [-0.39, 0.29) is 18.0 Å². The summed E-state index contributed by atoms with van der Waals surface area (Å²) in [6.07, 6.45) is 2.48. The number of sulfonamides is 1. The quantitative estimate of drug-likeness (QED) is 0.546. The van der Waals surface area contributed by atoms with E-state index in [1.165, 1.54) is 4.31 Å². The topological polar surface area (TPSA) is 59.8 Å². The minimum absolute atomic E-state index is 0.165. The summed E-state index contributed by atoms with van der Waals surface area (Å²) in [5.41, 5.74) is 0.880. The zero-order valence-electron chi connectivity index (χ0n) is 15.2. The number of benzene rings is 2. The molecule has 0 radical (unpaired) electrons. The van der Waals surface area contributed by atoms with Gasteiger partial charge in [-0.05, 0) is 48.4 Å². The Labute approximate surface area is 160 Å². The molecule has 6 heteroatoms. The number of hydrogen-bond acceptors (Lipinski definition) is 4. The first-order valence-electron chi connectivity index (χ1n) is 8.89. The summed E-state index contributed by atoms with van der Waals surface area (Å²) in [6.45, 7) is 3.12. The van der Waals surface area contributed by atoms with Gasteiger partial charge in [0.25, 0.3) is 0 Å². The number of rotatable bonds is 9. The smallest absolute Gasteiger partial charge is 0.243 e. The SMILES string of the molecule is CCCOc1ccc(CN(Cc2ccco2)S(=O)(=O)c2ccccc2)cc1. The first-order valence-corrected chi connectivity index (χ1v) is 10.3. The van der Waals surface area contributed by atoms with Crippen LogP contribution in [0.1, 0.15) is 24.7 Å². The van der Waals surface area contributed by atoms with Crippen molar-refractivity contribution in [3.8, 4) is 5.75 Å². The van der Waals surface area contributed by atoms with Crippen LogP contribution in [-0.2, 0) is 23.1 Å². The second-order valence-electron chi connectivity index (χ2n) is 6.16. The fourth-order valence-corrected chi connectivity index (χ4v) is 4.07. The van der Waals surface area contributed by atoms with Gasteiger partial charge in [0.05, 0.1) is 24.3 Å². The molecular formula is C21H23NO4S. The summed E-state index contributed by atoms with van der Waals surface area (Å²) >= 11 is 0. The standard InChI is InChI=1S/C21H23NO4S/c1-2-14-25-19-12-10-18(11-13-19)16-22(17-20-7-6-15-26-20)27(23,24)21-8-4-3-5-9-21/h3-13,15H,2,14,16-17H2,1H3. The molecule has 1 heterocycles. The largest absolute Gasteiger partial charge is 0.494 e. The van der Waals surface area contributed by atoms with Crippen molar-refractivity contribution in [3.05, 3.63) is 84.3 Å². The highest BCUT2D eigenvalue weighted by atomic mass is 32.2. The number of furan rings is 1. The van der Waals surface area contributed by atoms with Crippen LogP contribution in [0.4, 0.5) is 0 Å². The Bertz CT molecular complexity index is 920. The molecule has 0 spiro atoms. The summed E-state index contributed by atoms with van der Waals surface area (Å²) in [4.78, 5) is 0.263. The van der Waals surface area contributed by atoms with Gasteiger partial charge in [0.1, 0.15) is 11.5 Å². The van der Waals surface area contributed by atoms with Crippen molar-refractivity contribution >= 4 is 10.0 Å². The van der Waals surface area contributed by atoms with Crippen LogP contribution in [0, 0.1) is 0 Å². The van der Waals surface area contributed by atoms with Crippen molar-refractivity contribution in [2.24, 2.45) is 0 Å². The first kappa shape index (κ1) is 19.2. The van der Waals surface area contributed by atoms with Gasteiger partial charge in [0.15, 0.2) is 0 Å². The van der Waals surface area contributed by atoms with Gasteiger partial charge in [0, 0.05) is 6.54 Å². The molecule has 0 aliphatic heterocycles. The highest BCUT2D eigenvalue weighted by Crippen LogP contribution is 2.22. The lowest BCUT2D eigenvalue weighted by molar-refractivity contribution is 0.317. The normalized spacial score (nSPS) is 11.6. The third kappa shape index (κ3) is 4.99. The minimum Gasteiger partial charge on any atom is -0.494 e. The summed E-state index contributed by atoms with van der Waals surface area (Å²) in [7, 11) is -3.66. The predicted octanol–water partition coefficient (Wildman–Crippen LogP) is 4.46. The van der Waals surface area contributed by atoms with E-state index in [0.717, 1.165) is 17.7 Å². The Morgan fingerprint density at radius 2 is 1.67 bits per heavy atom. The molecule has 0 bridgehead atoms. The minimum atomic E-state index is -3.66. The molecule has 27 heavy (non-hydrogen) atoms. The fraction of sp³-hybridized carbons (Fsp3) is 0.238. The zero-order valence-corrected chi connectivity index (χ0v) is 16.1. The highest BCUT2D eigenvalue weighted by Gasteiger charge is 2.25. The first-order chi connectivity index (χ1) is 13.1. The van der Waals surface area contributed by atoms with Crippen molar-refractivity contribution < 1.29 is 17.6 Å². The van der Waals surface area contributed by atoms with E-state index in [4.69, 9.17) is 9.15 Å². The lowest BCUT2D eigenvalue weighted by Crippen LogP contribution is -2.30. The van der Waals surface area contributed by atoms with Gasteiger partial charge in [-0.2, -0.15) is 4.31 Å². The predicted molar refractivity (Wildman–Crippen MR) is 104 cm³/mol. The van der Waals surface area contributed by atoms with Crippen LogP contribution in [0.15, 0.2) is 82.3 Å². The highest BCUT2D eigenvalue weighted by molar-refractivity contribution is 7.89. The third-order valence-electron chi connectivity index (χ3n) is 4.05. The van der Waals surface area contributed by atoms with E-state index in [0.29, 0.717) is 12.4 Å². The number of nitrogens with zero attached hydrogens (tertiary/aromatic N) is 1. The fourth-order valence-electron chi connectivity index (χ4n) is 2.66. The second-order valence-corrected chi connectivity index (χ2v) is 8.10. The molecule has 142 valence electrons. The molecule has 5 nitrogen and oxygen atoms in total. The summed E-state index contributed by atoms with van der Waals surface area (Å²) in [6, 6.07) is 19.5. The Morgan fingerprint density at radius 1 is 0.926 bits per heavy atom. The molecule has 0 N–H and O–H groups in total.